The van der Waals surface area contributed by atoms with Gasteiger partial charge in [0.2, 0.25) is 0 Å². The number of aryl methyl sites for hydroxylation is 1. The van der Waals surface area contributed by atoms with E-state index in [0.29, 0.717) is 5.56 Å². The molecule has 0 saturated carbocycles. The minimum absolute atomic E-state index is 0.202. The fourth-order valence-electron chi connectivity index (χ4n) is 1.63. The van der Waals surface area contributed by atoms with E-state index in [4.69, 9.17) is 5.73 Å². The summed E-state index contributed by atoms with van der Waals surface area (Å²) in [5.41, 5.74) is 7.32. The van der Waals surface area contributed by atoms with Crippen LogP contribution in [0.3, 0.4) is 0 Å². The standard InChI is InChI=1S/C14H15FN2S/c1-9-7-13(11(10(2)16)8-12(9)15)18-14-5-3-4-6-17-14/h3-8,10H,16H2,1-2H3/t10-/m0/s1. The summed E-state index contributed by atoms with van der Waals surface area (Å²) in [5, 5.41) is 0.880. The summed E-state index contributed by atoms with van der Waals surface area (Å²) < 4.78 is 13.6. The van der Waals surface area contributed by atoms with Crippen molar-refractivity contribution < 1.29 is 4.39 Å². The number of benzene rings is 1. The Morgan fingerprint density at radius 3 is 2.72 bits per heavy atom. The first kappa shape index (κ1) is 13.1. The van der Waals surface area contributed by atoms with Gasteiger partial charge in [-0.1, -0.05) is 17.8 Å². The Kier molecular flexibility index (Phi) is 3.99. The van der Waals surface area contributed by atoms with E-state index in [1.54, 1.807) is 13.1 Å². The Balaban J connectivity index is 2.40. The molecule has 0 aliphatic carbocycles. The minimum atomic E-state index is -0.215. The highest BCUT2D eigenvalue weighted by atomic mass is 32.2. The van der Waals surface area contributed by atoms with Crippen molar-refractivity contribution in [1.82, 2.24) is 4.98 Å². The van der Waals surface area contributed by atoms with Crippen LogP contribution in [-0.2, 0) is 0 Å². The molecule has 0 aliphatic rings. The van der Waals surface area contributed by atoms with Crippen LogP contribution in [-0.4, -0.2) is 4.98 Å². The predicted molar refractivity (Wildman–Crippen MR) is 72.1 cm³/mol. The van der Waals surface area contributed by atoms with E-state index in [1.807, 2.05) is 31.2 Å². The van der Waals surface area contributed by atoms with Gasteiger partial charge >= 0.3 is 0 Å². The zero-order chi connectivity index (χ0) is 13.1. The van der Waals surface area contributed by atoms with Gasteiger partial charge in [-0.15, -0.1) is 0 Å². The summed E-state index contributed by atoms with van der Waals surface area (Å²) in [7, 11) is 0. The van der Waals surface area contributed by atoms with Gasteiger partial charge in [0.05, 0.1) is 0 Å². The van der Waals surface area contributed by atoms with E-state index < -0.39 is 0 Å². The van der Waals surface area contributed by atoms with E-state index in [2.05, 4.69) is 4.98 Å². The molecule has 1 heterocycles. The lowest BCUT2D eigenvalue weighted by atomic mass is 10.1. The number of rotatable bonds is 3. The molecule has 1 atom stereocenters. The summed E-state index contributed by atoms with van der Waals surface area (Å²) in [6.45, 7) is 3.61. The van der Waals surface area contributed by atoms with Gasteiger partial charge in [-0.2, -0.15) is 0 Å². The molecule has 94 valence electrons. The number of nitrogens with two attached hydrogens (primary N) is 1. The van der Waals surface area contributed by atoms with Crippen LogP contribution in [0.5, 0.6) is 0 Å². The fourth-order valence-corrected chi connectivity index (χ4v) is 2.72. The van der Waals surface area contributed by atoms with Crippen LogP contribution in [0.1, 0.15) is 24.1 Å². The van der Waals surface area contributed by atoms with Gasteiger partial charge in [0.1, 0.15) is 10.8 Å². The molecular weight excluding hydrogens is 247 g/mol. The molecule has 2 nitrogen and oxygen atoms in total. The van der Waals surface area contributed by atoms with Crippen molar-refractivity contribution in [3.8, 4) is 0 Å². The highest BCUT2D eigenvalue weighted by Gasteiger charge is 2.12. The molecule has 2 rings (SSSR count). The topological polar surface area (TPSA) is 38.9 Å². The van der Waals surface area contributed by atoms with E-state index >= 15 is 0 Å². The van der Waals surface area contributed by atoms with E-state index in [-0.39, 0.29) is 11.9 Å². The van der Waals surface area contributed by atoms with Crippen molar-refractivity contribution in [3.63, 3.8) is 0 Å². The van der Waals surface area contributed by atoms with Crippen LogP contribution < -0.4 is 5.73 Å². The van der Waals surface area contributed by atoms with Crippen molar-refractivity contribution >= 4 is 11.8 Å². The van der Waals surface area contributed by atoms with Crippen LogP contribution >= 0.6 is 11.8 Å². The van der Waals surface area contributed by atoms with Gasteiger partial charge in [0.15, 0.2) is 0 Å². The highest BCUT2D eigenvalue weighted by molar-refractivity contribution is 7.99. The van der Waals surface area contributed by atoms with Crippen molar-refractivity contribution in [1.29, 1.82) is 0 Å². The zero-order valence-electron chi connectivity index (χ0n) is 10.4. The molecule has 0 unspecified atom stereocenters. The van der Waals surface area contributed by atoms with E-state index in [1.165, 1.54) is 17.8 Å². The summed E-state index contributed by atoms with van der Waals surface area (Å²) in [6.07, 6.45) is 1.74. The Morgan fingerprint density at radius 2 is 2.11 bits per heavy atom. The molecular formula is C14H15FN2S. The molecule has 2 N–H and O–H groups in total. The Hall–Kier alpha value is -1.39. The van der Waals surface area contributed by atoms with Gasteiger partial charge in [0, 0.05) is 17.1 Å². The van der Waals surface area contributed by atoms with Crippen molar-refractivity contribution in [2.24, 2.45) is 5.73 Å². The minimum Gasteiger partial charge on any atom is -0.324 e. The lowest BCUT2D eigenvalue weighted by Crippen LogP contribution is -2.07. The average Bonchev–Trinajstić information content (AvgIpc) is 2.34. The van der Waals surface area contributed by atoms with Crippen molar-refractivity contribution in [2.45, 2.75) is 29.8 Å². The fraction of sp³-hybridized carbons (Fsp3) is 0.214. The quantitative estimate of drug-likeness (QED) is 0.916. The second kappa shape index (κ2) is 5.50. The van der Waals surface area contributed by atoms with Crippen LogP contribution in [0, 0.1) is 12.7 Å². The molecule has 0 fully saturated rings. The second-order valence-electron chi connectivity index (χ2n) is 4.20. The van der Waals surface area contributed by atoms with Crippen LogP contribution in [0.25, 0.3) is 0 Å². The largest absolute Gasteiger partial charge is 0.324 e. The number of pyridine rings is 1. The van der Waals surface area contributed by atoms with Gasteiger partial charge in [-0.3, -0.25) is 0 Å². The molecule has 0 radical (unpaired) electrons. The predicted octanol–water partition coefficient (Wildman–Crippen LogP) is 3.70. The summed E-state index contributed by atoms with van der Waals surface area (Å²) >= 11 is 1.51. The first-order valence-electron chi connectivity index (χ1n) is 5.72. The summed E-state index contributed by atoms with van der Waals surface area (Å²) in [6, 6.07) is 8.86. The SMILES string of the molecule is Cc1cc(Sc2ccccn2)c([C@H](C)N)cc1F. The van der Waals surface area contributed by atoms with E-state index in [9.17, 15) is 4.39 Å². The van der Waals surface area contributed by atoms with Crippen molar-refractivity contribution in [3.05, 3.63) is 53.5 Å². The number of hydrogen-bond acceptors (Lipinski definition) is 3. The number of nitrogens with zero attached hydrogens (tertiary/aromatic N) is 1. The molecule has 2 aromatic rings. The van der Waals surface area contributed by atoms with Gasteiger partial charge < -0.3 is 5.73 Å². The Labute approximate surface area is 110 Å². The number of hydrogen-bond donors (Lipinski definition) is 1. The molecule has 1 aromatic heterocycles. The number of halogens is 1. The monoisotopic (exact) mass is 262 g/mol. The normalized spacial score (nSPS) is 12.4. The second-order valence-corrected chi connectivity index (χ2v) is 5.26. The zero-order valence-corrected chi connectivity index (χ0v) is 11.2. The maximum absolute atomic E-state index is 13.6. The molecule has 0 saturated heterocycles. The maximum Gasteiger partial charge on any atom is 0.126 e. The average molecular weight is 262 g/mol. The molecule has 0 spiro atoms. The summed E-state index contributed by atoms with van der Waals surface area (Å²) in [5.74, 6) is -0.215. The third-order valence-electron chi connectivity index (χ3n) is 2.63. The van der Waals surface area contributed by atoms with E-state index in [0.717, 1.165) is 15.5 Å². The molecule has 0 aliphatic heterocycles. The highest BCUT2D eigenvalue weighted by Crippen LogP contribution is 2.33. The van der Waals surface area contributed by atoms with Crippen molar-refractivity contribution in [2.75, 3.05) is 0 Å². The lowest BCUT2D eigenvalue weighted by molar-refractivity contribution is 0.610. The Bertz CT molecular complexity index is 541. The number of aromatic nitrogens is 1. The third-order valence-corrected chi connectivity index (χ3v) is 3.66. The first-order chi connectivity index (χ1) is 8.58. The first-order valence-corrected chi connectivity index (χ1v) is 6.54. The van der Waals surface area contributed by atoms with Crippen LogP contribution in [0.4, 0.5) is 4.39 Å². The van der Waals surface area contributed by atoms with Crippen LogP contribution in [0.15, 0.2) is 46.5 Å². The lowest BCUT2D eigenvalue weighted by Gasteiger charge is -2.13. The Morgan fingerprint density at radius 1 is 1.33 bits per heavy atom. The summed E-state index contributed by atoms with van der Waals surface area (Å²) in [4.78, 5) is 5.22. The molecule has 1 aromatic carbocycles. The molecule has 0 bridgehead atoms. The smallest absolute Gasteiger partial charge is 0.126 e. The molecule has 18 heavy (non-hydrogen) atoms. The maximum atomic E-state index is 13.6. The molecule has 0 amide bonds. The molecule has 4 heteroatoms. The van der Waals surface area contributed by atoms with Gasteiger partial charge in [0.25, 0.3) is 0 Å². The van der Waals surface area contributed by atoms with Gasteiger partial charge in [-0.25, -0.2) is 9.37 Å². The van der Waals surface area contributed by atoms with Crippen LogP contribution in [0.2, 0.25) is 0 Å². The third kappa shape index (κ3) is 2.89. The van der Waals surface area contributed by atoms with Gasteiger partial charge in [-0.05, 0) is 49.2 Å².